The van der Waals surface area contributed by atoms with E-state index < -0.39 is 43.4 Å². The summed E-state index contributed by atoms with van der Waals surface area (Å²) in [5.74, 6) is -1.41. The van der Waals surface area contributed by atoms with Crippen LogP contribution < -0.4 is 5.32 Å². The zero-order valence-electron chi connectivity index (χ0n) is 21.5. The van der Waals surface area contributed by atoms with E-state index in [0.29, 0.717) is 5.57 Å². The highest BCUT2D eigenvalue weighted by molar-refractivity contribution is 6.74. The lowest BCUT2D eigenvalue weighted by molar-refractivity contribution is -0.172. The standard InChI is InChI=1S/C25H41NO6Si/c1-16-14-18(27)26-25(16,22(29)31-20-21(28)30-15-24(20,5)6)19(17-12-10-9-11-13-17)32-33(7,8)23(2,3)4/h14,17,19-20H,9-13,15H2,1-8H3,(H,26,27)/t19-,20-,25+/m1/s1. The Balaban J connectivity index is 2.06. The molecule has 1 amide bonds. The second-order valence-electron chi connectivity index (χ2n) is 12.2. The number of amides is 1. The van der Waals surface area contributed by atoms with Gasteiger partial charge >= 0.3 is 11.9 Å². The third-order valence-corrected chi connectivity index (χ3v) is 12.5. The molecule has 0 radical (unpaired) electrons. The Morgan fingerprint density at radius 2 is 1.79 bits per heavy atom. The van der Waals surface area contributed by atoms with Crippen molar-refractivity contribution < 1.29 is 28.3 Å². The largest absolute Gasteiger partial charge is 0.462 e. The average molecular weight is 480 g/mol. The van der Waals surface area contributed by atoms with Crippen molar-refractivity contribution in [3.8, 4) is 0 Å². The minimum atomic E-state index is -2.33. The summed E-state index contributed by atoms with van der Waals surface area (Å²) < 4.78 is 18.0. The van der Waals surface area contributed by atoms with Crippen LogP contribution in [0.25, 0.3) is 0 Å². The molecule has 0 aromatic carbocycles. The molecule has 8 heteroatoms. The summed E-state index contributed by atoms with van der Waals surface area (Å²) in [7, 11) is -2.33. The van der Waals surface area contributed by atoms with E-state index in [1.165, 1.54) is 6.08 Å². The molecular weight excluding hydrogens is 438 g/mol. The SMILES string of the molecule is CC1=CC(=O)N[C@]1(C(=O)O[C@@H]1C(=O)OCC1(C)C)[C@H](O[Si](C)(C)C(C)(C)C)C1CCCCC1. The van der Waals surface area contributed by atoms with E-state index in [-0.39, 0.29) is 23.5 Å². The lowest BCUT2D eigenvalue weighted by atomic mass is 9.74. The Morgan fingerprint density at radius 1 is 1.18 bits per heavy atom. The minimum Gasteiger partial charge on any atom is -0.462 e. The number of carbonyl (C=O) groups is 3. The number of carbonyl (C=O) groups excluding carboxylic acids is 3. The van der Waals surface area contributed by atoms with E-state index in [0.717, 1.165) is 32.1 Å². The van der Waals surface area contributed by atoms with E-state index in [1.54, 1.807) is 6.92 Å². The van der Waals surface area contributed by atoms with Crippen molar-refractivity contribution in [2.45, 2.75) is 110 Å². The average Bonchev–Trinajstić information content (AvgIpc) is 3.15. The van der Waals surface area contributed by atoms with Crippen LogP contribution in [-0.4, -0.2) is 50.5 Å². The highest BCUT2D eigenvalue weighted by atomic mass is 28.4. The molecular formula is C25H41NO6Si. The predicted octanol–water partition coefficient (Wildman–Crippen LogP) is 4.27. The van der Waals surface area contributed by atoms with Gasteiger partial charge in [-0.25, -0.2) is 9.59 Å². The van der Waals surface area contributed by atoms with Gasteiger partial charge in [0.2, 0.25) is 12.0 Å². The Hall–Kier alpha value is -1.67. The highest BCUT2D eigenvalue weighted by Crippen LogP contribution is 2.45. The molecule has 1 aliphatic carbocycles. The summed E-state index contributed by atoms with van der Waals surface area (Å²) in [5.41, 5.74) is -1.52. The number of nitrogens with one attached hydrogen (secondary N) is 1. The molecule has 2 aliphatic heterocycles. The van der Waals surface area contributed by atoms with Crippen LogP contribution in [0.3, 0.4) is 0 Å². The van der Waals surface area contributed by atoms with Crippen molar-refractivity contribution in [2.75, 3.05) is 6.61 Å². The number of cyclic esters (lactones) is 1. The third-order valence-electron chi connectivity index (χ3n) is 8.08. The number of rotatable bonds is 6. The zero-order chi connectivity index (χ0) is 24.8. The molecule has 1 saturated heterocycles. The summed E-state index contributed by atoms with van der Waals surface area (Å²) in [6.07, 6.45) is 5.01. The first-order chi connectivity index (χ1) is 15.1. The summed E-state index contributed by atoms with van der Waals surface area (Å²) in [5, 5.41) is 2.86. The lowest BCUT2D eigenvalue weighted by Gasteiger charge is -2.48. The molecule has 0 unspecified atom stereocenters. The summed E-state index contributed by atoms with van der Waals surface area (Å²) in [6, 6.07) is 0. The first kappa shape index (κ1) is 25.9. The fraction of sp³-hybridized carbons (Fsp3) is 0.800. The molecule has 1 saturated carbocycles. The molecule has 0 spiro atoms. The predicted molar refractivity (Wildman–Crippen MR) is 128 cm³/mol. The van der Waals surface area contributed by atoms with E-state index in [2.05, 4.69) is 39.2 Å². The zero-order valence-corrected chi connectivity index (χ0v) is 22.5. The van der Waals surface area contributed by atoms with Crippen LogP contribution in [0.4, 0.5) is 0 Å². The molecule has 2 heterocycles. The number of esters is 2. The monoisotopic (exact) mass is 479 g/mol. The van der Waals surface area contributed by atoms with Gasteiger partial charge in [-0.1, -0.05) is 53.9 Å². The number of ether oxygens (including phenoxy) is 2. The van der Waals surface area contributed by atoms with Gasteiger partial charge in [-0.05, 0) is 49.4 Å². The normalized spacial score (nSPS) is 29.3. The van der Waals surface area contributed by atoms with Crippen LogP contribution in [-0.2, 0) is 28.3 Å². The van der Waals surface area contributed by atoms with Crippen LogP contribution in [0.2, 0.25) is 18.1 Å². The minimum absolute atomic E-state index is 0.0809. The van der Waals surface area contributed by atoms with Gasteiger partial charge in [-0.2, -0.15) is 0 Å². The fourth-order valence-electron chi connectivity index (χ4n) is 4.87. The number of hydrogen-bond donors (Lipinski definition) is 1. The summed E-state index contributed by atoms with van der Waals surface area (Å²) in [6.45, 7) is 16.4. The molecule has 186 valence electrons. The van der Waals surface area contributed by atoms with Crippen LogP contribution >= 0.6 is 0 Å². The smallest absolute Gasteiger partial charge is 0.348 e. The van der Waals surface area contributed by atoms with Gasteiger partial charge in [-0.3, -0.25) is 4.79 Å². The van der Waals surface area contributed by atoms with E-state index >= 15 is 0 Å². The molecule has 2 fully saturated rings. The summed E-state index contributed by atoms with van der Waals surface area (Å²) >= 11 is 0. The van der Waals surface area contributed by atoms with Gasteiger partial charge < -0.3 is 19.2 Å². The molecule has 3 atom stereocenters. The van der Waals surface area contributed by atoms with Gasteiger partial charge in [0.05, 0.1) is 6.10 Å². The van der Waals surface area contributed by atoms with Gasteiger partial charge in [0.25, 0.3) is 0 Å². The second kappa shape index (κ2) is 8.84. The molecule has 7 nitrogen and oxygen atoms in total. The maximum absolute atomic E-state index is 14.0. The van der Waals surface area contributed by atoms with Crippen molar-refractivity contribution in [3.05, 3.63) is 11.6 Å². The quantitative estimate of drug-likeness (QED) is 0.452. The van der Waals surface area contributed by atoms with Crippen molar-refractivity contribution in [1.82, 2.24) is 5.32 Å². The van der Waals surface area contributed by atoms with Crippen molar-refractivity contribution in [1.29, 1.82) is 0 Å². The molecule has 0 aromatic heterocycles. The highest BCUT2D eigenvalue weighted by Gasteiger charge is 2.60. The van der Waals surface area contributed by atoms with Crippen LogP contribution in [0.1, 0.15) is 73.6 Å². The Kier molecular flexibility index (Phi) is 6.95. The van der Waals surface area contributed by atoms with Crippen molar-refractivity contribution in [3.63, 3.8) is 0 Å². The molecule has 0 aromatic rings. The van der Waals surface area contributed by atoms with Crippen LogP contribution in [0.5, 0.6) is 0 Å². The molecule has 3 aliphatic rings. The van der Waals surface area contributed by atoms with Gasteiger partial charge in [0.15, 0.2) is 13.9 Å². The third kappa shape index (κ3) is 4.78. The molecule has 1 N–H and O–H groups in total. The Labute approximate surface area is 199 Å². The van der Waals surface area contributed by atoms with E-state index in [1.807, 2.05) is 13.8 Å². The topological polar surface area (TPSA) is 90.9 Å². The first-order valence-electron chi connectivity index (χ1n) is 12.2. The van der Waals surface area contributed by atoms with Gasteiger partial charge in [0, 0.05) is 11.5 Å². The molecule has 0 bridgehead atoms. The van der Waals surface area contributed by atoms with Crippen LogP contribution in [0, 0.1) is 11.3 Å². The van der Waals surface area contributed by atoms with Gasteiger partial charge in [-0.15, -0.1) is 0 Å². The molecule has 33 heavy (non-hydrogen) atoms. The second-order valence-corrected chi connectivity index (χ2v) is 17.0. The fourth-order valence-corrected chi connectivity index (χ4v) is 6.23. The lowest BCUT2D eigenvalue weighted by Crippen LogP contribution is -2.66. The van der Waals surface area contributed by atoms with Crippen LogP contribution in [0.15, 0.2) is 11.6 Å². The molecule has 3 rings (SSSR count). The Morgan fingerprint density at radius 3 is 2.24 bits per heavy atom. The van der Waals surface area contributed by atoms with E-state index in [9.17, 15) is 14.4 Å². The maximum Gasteiger partial charge on any atom is 0.348 e. The Bertz CT molecular complexity index is 836. The van der Waals surface area contributed by atoms with Gasteiger partial charge in [0.1, 0.15) is 6.61 Å². The van der Waals surface area contributed by atoms with Crippen molar-refractivity contribution >= 4 is 26.2 Å². The summed E-state index contributed by atoms with van der Waals surface area (Å²) in [4.78, 5) is 39.0. The maximum atomic E-state index is 14.0. The first-order valence-corrected chi connectivity index (χ1v) is 15.1. The number of hydrogen-bond acceptors (Lipinski definition) is 6. The van der Waals surface area contributed by atoms with Crippen molar-refractivity contribution in [2.24, 2.45) is 11.3 Å². The van der Waals surface area contributed by atoms with E-state index in [4.69, 9.17) is 13.9 Å².